The molecule has 138 valence electrons. The Labute approximate surface area is 183 Å². The predicted octanol–water partition coefficient (Wildman–Crippen LogP) is 6.97. The maximum absolute atomic E-state index is 5.78. The maximum Gasteiger partial charge on any atom is -0.0809 e. The van der Waals surface area contributed by atoms with Gasteiger partial charge in [0.25, 0.3) is 0 Å². The summed E-state index contributed by atoms with van der Waals surface area (Å²) in [7, 11) is 11.6. The summed E-state index contributed by atoms with van der Waals surface area (Å²) < 4.78 is 1.34. The standard InChI is InChI=1S/2C9H7.C6H5.Al.2ClH.Ti/c2*1-2-5-9-7-3-6-8(9)4-1;1-2-4-6-5-3-1;;;;/h2*1-7H;1-5H;;2*1H;/q2*-1;;;;;+2/p-2. The van der Waals surface area contributed by atoms with Gasteiger partial charge in [0.05, 0.1) is 0 Å². The molecule has 0 saturated carbocycles. The zero-order valence-corrected chi connectivity index (χ0v) is 19.5. The van der Waals surface area contributed by atoms with Gasteiger partial charge in [-0.15, -0.1) is 59.3 Å². The van der Waals surface area contributed by atoms with Crippen LogP contribution in [0, 0.1) is 0 Å². The number of halogens is 2. The fourth-order valence-electron chi connectivity index (χ4n) is 2.82. The van der Waals surface area contributed by atoms with Crippen molar-refractivity contribution in [2.24, 2.45) is 0 Å². The number of hydrogen-bond acceptors (Lipinski definition) is 0. The molecule has 0 spiro atoms. The van der Waals surface area contributed by atoms with Gasteiger partial charge in [0.2, 0.25) is 0 Å². The normalized spacial score (nSPS) is 9.64. The van der Waals surface area contributed by atoms with Gasteiger partial charge in [-0.3, -0.25) is 0 Å². The number of fused-ring (bicyclic) bond motifs is 2. The van der Waals surface area contributed by atoms with E-state index >= 15 is 0 Å². The Morgan fingerprint density at radius 3 is 1.50 bits per heavy atom. The van der Waals surface area contributed by atoms with Gasteiger partial charge in [-0.05, 0) is 0 Å². The largest absolute Gasteiger partial charge is 0.168 e. The minimum Gasteiger partial charge on any atom is -0.168 e. The summed E-state index contributed by atoms with van der Waals surface area (Å²) in [6.45, 7) is 0. The van der Waals surface area contributed by atoms with Crippen LogP contribution in [-0.4, -0.2) is 11.9 Å². The molecule has 5 aromatic rings. The summed E-state index contributed by atoms with van der Waals surface area (Å²) in [5.74, 6) is 0. The Kier molecular flexibility index (Phi) is 8.91. The first kappa shape index (κ1) is 21.4. The fraction of sp³-hybridized carbons (Fsp3) is 0. The van der Waals surface area contributed by atoms with Gasteiger partial charge in [-0.25, -0.2) is 0 Å². The molecule has 0 fully saturated rings. The fourth-order valence-corrected chi connectivity index (χ4v) is 8.68. The Bertz CT molecular complexity index is 1010. The smallest absolute Gasteiger partial charge is 0.0809 e. The van der Waals surface area contributed by atoms with Crippen LogP contribution in [0.25, 0.3) is 21.5 Å². The van der Waals surface area contributed by atoms with Gasteiger partial charge >= 0.3 is 78.2 Å². The van der Waals surface area contributed by atoms with E-state index in [1.807, 2.05) is 18.2 Å². The SMILES string of the molecule is [Cl][Ti]([Cl])=[Al][c]1ccccc1.c1ccc2[cH-]ccc2c1.c1ccc2[cH-]ccc2c1. The molecule has 0 nitrogen and oxygen atoms in total. The summed E-state index contributed by atoms with van der Waals surface area (Å²) in [5.41, 5.74) is 0. The van der Waals surface area contributed by atoms with Crippen LogP contribution in [0.1, 0.15) is 0 Å². The average Bonchev–Trinajstić information content (AvgIpc) is 3.38. The molecule has 0 aliphatic heterocycles. The summed E-state index contributed by atoms with van der Waals surface area (Å²) in [4.78, 5) is 0. The quantitative estimate of drug-likeness (QED) is 0.190. The molecule has 0 amide bonds. The van der Waals surface area contributed by atoms with Crippen LogP contribution in [0.4, 0.5) is 0 Å². The summed E-state index contributed by atoms with van der Waals surface area (Å²) in [5, 5.41) is 5.32. The van der Waals surface area contributed by atoms with Crippen LogP contribution in [0.15, 0.2) is 115 Å². The second-order valence-corrected chi connectivity index (χ2v) is 18.9. The predicted molar refractivity (Wildman–Crippen MR) is 123 cm³/mol. The topological polar surface area (TPSA) is 0 Å². The third-order valence-corrected chi connectivity index (χ3v) is 10.4. The summed E-state index contributed by atoms with van der Waals surface area (Å²) >= 11 is -1.41. The summed E-state index contributed by atoms with van der Waals surface area (Å²) in [6.07, 6.45) is 0. The van der Waals surface area contributed by atoms with Gasteiger partial charge < -0.3 is 0 Å². The van der Waals surface area contributed by atoms with E-state index in [1.165, 1.54) is 26.0 Å². The molecular weight excluding hydrogens is 434 g/mol. The zero-order chi connectivity index (χ0) is 19.6. The van der Waals surface area contributed by atoms with Crippen LogP contribution in [-0.2, 0) is 13.0 Å². The van der Waals surface area contributed by atoms with Gasteiger partial charge in [-0.2, -0.15) is 35.0 Å². The first-order valence-corrected chi connectivity index (χ1v) is 17.2. The van der Waals surface area contributed by atoms with E-state index in [0.29, 0.717) is 0 Å². The van der Waals surface area contributed by atoms with Gasteiger partial charge in [-0.1, -0.05) is 12.1 Å². The molecule has 5 rings (SSSR count). The first-order chi connectivity index (χ1) is 13.7. The van der Waals surface area contributed by atoms with Crippen molar-refractivity contribution in [1.82, 2.24) is 0 Å². The Balaban J connectivity index is 0.000000121. The average molecular weight is 453 g/mol. The van der Waals surface area contributed by atoms with Crippen molar-refractivity contribution < 1.29 is 13.0 Å². The number of benzene rings is 3. The van der Waals surface area contributed by atoms with Crippen molar-refractivity contribution >= 4 is 56.4 Å². The second kappa shape index (κ2) is 11.6. The molecule has 0 unspecified atom stereocenters. The zero-order valence-electron chi connectivity index (χ0n) is 15.3. The molecule has 0 aliphatic rings. The first-order valence-electron chi connectivity index (χ1n) is 9.01. The molecule has 0 atom stereocenters. The Morgan fingerprint density at radius 2 is 1.04 bits per heavy atom. The Morgan fingerprint density at radius 1 is 0.571 bits per heavy atom. The maximum atomic E-state index is 5.78. The van der Waals surface area contributed by atoms with Crippen molar-refractivity contribution in [3.63, 3.8) is 0 Å². The van der Waals surface area contributed by atoms with Gasteiger partial charge in [0, 0.05) is 0 Å². The molecule has 0 N–H and O–H groups in total. The van der Waals surface area contributed by atoms with E-state index < -0.39 is 13.0 Å². The number of rotatable bonds is 1. The molecule has 0 aromatic heterocycles. The van der Waals surface area contributed by atoms with E-state index in [4.69, 9.17) is 18.6 Å². The monoisotopic (exact) mass is 452 g/mol. The van der Waals surface area contributed by atoms with E-state index in [-0.39, 0.29) is 11.9 Å². The molecule has 0 saturated heterocycles. The molecule has 5 aromatic carbocycles. The molecule has 0 bridgehead atoms. The third-order valence-electron chi connectivity index (χ3n) is 4.17. The molecule has 0 heterocycles. The van der Waals surface area contributed by atoms with Crippen LogP contribution in [0.2, 0.25) is 0 Å². The van der Waals surface area contributed by atoms with E-state index in [0.717, 1.165) is 0 Å². The van der Waals surface area contributed by atoms with Crippen molar-refractivity contribution in [3.8, 4) is 0 Å². The van der Waals surface area contributed by atoms with E-state index in [1.54, 1.807) is 0 Å². The van der Waals surface area contributed by atoms with E-state index in [2.05, 4.69) is 97.1 Å². The van der Waals surface area contributed by atoms with E-state index in [9.17, 15) is 0 Å². The minimum absolute atomic E-state index is 0.190. The third kappa shape index (κ3) is 6.95. The van der Waals surface area contributed by atoms with Crippen LogP contribution in [0.3, 0.4) is 0 Å². The van der Waals surface area contributed by atoms with Crippen molar-refractivity contribution in [2.45, 2.75) is 0 Å². The Hall–Kier alpha value is -1.29. The summed E-state index contributed by atoms with van der Waals surface area (Å²) in [6, 6.07) is 39.6. The minimum atomic E-state index is -1.60. The van der Waals surface area contributed by atoms with Gasteiger partial charge in [0.1, 0.15) is 0 Å². The van der Waals surface area contributed by atoms with Crippen LogP contribution >= 0.6 is 18.6 Å². The molecule has 28 heavy (non-hydrogen) atoms. The van der Waals surface area contributed by atoms with Crippen molar-refractivity contribution in [2.75, 3.05) is 0 Å². The van der Waals surface area contributed by atoms with Gasteiger partial charge in [0.15, 0.2) is 0 Å². The van der Waals surface area contributed by atoms with Crippen molar-refractivity contribution in [1.29, 1.82) is 0 Å². The molecule has 0 radical (unpaired) electrons. The van der Waals surface area contributed by atoms with Crippen LogP contribution in [0.5, 0.6) is 0 Å². The second-order valence-electron chi connectivity index (χ2n) is 6.15. The molecule has 0 aliphatic carbocycles. The van der Waals surface area contributed by atoms with Crippen LogP contribution < -0.4 is 4.43 Å². The molecule has 4 heteroatoms. The molecular formula is C24H19AlCl2Ti-2. The van der Waals surface area contributed by atoms with Crippen molar-refractivity contribution in [3.05, 3.63) is 115 Å². The number of hydrogen-bond donors (Lipinski definition) is 0.